The molecule has 0 saturated carbocycles. The van der Waals surface area contributed by atoms with E-state index >= 15 is 0 Å². The number of hydrogen-bond acceptors (Lipinski definition) is 4. The molecule has 0 bridgehead atoms. The van der Waals surface area contributed by atoms with Gasteiger partial charge in [-0.05, 0) is 0 Å². The Kier molecular flexibility index (Phi) is 1.98. The summed E-state index contributed by atoms with van der Waals surface area (Å²) in [5, 5.41) is 8.94. The third-order valence-corrected chi connectivity index (χ3v) is 1.80. The van der Waals surface area contributed by atoms with Crippen molar-refractivity contribution in [3.8, 4) is 0 Å². The molecule has 0 aromatic carbocycles. The first kappa shape index (κ1) is 9.69. The number of fused-ring (bicyclic) bond motifs is 1. The minimum Gasteiger partial charge on any atom is -0.372 e. The molecular formula is C7H6F3N5. The number of rotatable bonds is 1. The van der Waals surface area contributed by atoms with Gasteiger partial charge in [0.25, 0.3) is 0 Å². The molecule has 0 amide bonds. The third-order valence-electron chi connectivity index (χ3n) is 1.80. The molecule has 0 spiro atoms. The van der Waals surface area contributed by atoms with Crippen LogP contribution >= 0.6 is 0 Å². The lowest BCUT2D eigenvalue weighted by atomic mass is 10.4. The fraction of sp³-hybridized carbons (Fsp3) is 0.286. The molecule has 0 atom stereocenters. The summed E-state index contributed by atoms with van der Waals surface area (Å²) in [4.78, 5) is 6.68. The predicted molar refractivity (Wildman–Crippen MR) is 46.2 cm³/mol. The van der Waals surface area contributed by atoms with Crippen LogP contribution in [0.5, 0.6) is 0 Å². The van der Waals surface area contributed by atoms with Crippen molar-refractivity contribution in [3.63, 3.8) is 0 Å². The van der Waals surface area contributed by atoms with E-state index in [4.69, 9.17) is 0 Å². The molecule has 15 heavy (non-hydrogen) atoms. The molecule has 0 aliphatic heterocycles. The number of nitrogens with zero attached hydrogens (tertiary/aromatic N) is 3. The monoisotopic (exact) mass is 217 g/mol. The van der Waals surface area contributed by atoms with Crippen molar-refractivity contribution in [1.29, 1.82) is 0 Å². The predicted octanol–water partition coefficient (Wildman–Crippen LogP) is 1.41. The van der Waals surface area contributed by atoms with Crippen LogP contribution in [0.15, 0.2) is 6.20 Å². The smallest absolute Gasteiger partial charge is 0.372 e. The second kappa shape index (κ2) is 3.07. The van der Waals surface area contributed by atoms with Crippen LogP contribution in [0, 0.1) is 0 Å². The lowest BCUT2D eigenvalue weighted by molar-refractivity contribution is -0.144. The van der Waals surface area contributed by atoms with E-state index in [9.17, 15) is 13.2 Å². The maximum Gasteiger partial charge on any atom is 0.451 e. The van der Waals surface area contributed by atoms with Crippen molar-refractivity contribution in [3.05, 3.63) is 12.0 Å². The highest BCUT2D eigenvalue weighted by Crippen LogP contribution is 2.29. The third kappa shape index (κ3) is 1.58. The Morgan fingerprint density at radius 3 is 2.67 bits per heavy atom. The molecule has 2 N–H and O–H groups in total. The average molecular weight is 217 g/mol. The van der Waals surface area contributed by atoms with Gasteiger partial charge in [-0.25, -0.2) is 9.97 Å². The van der Waals surface area contributed by atoms with Crippen molar-refractivity contribution >= 4 is 16.9 Å². The van der Waals surface area contributed by atoms with Crippen LogP contribution < -0.4 is 5.32 Å². The van der Waals surface area contributed by atoms with Gasteiger partial charge in [-0.1, -0.05) is 0 Å². The van der Waals surface area contributed by atoms with Crippen LogP contribution in [0.2, 0.25) is 0 Å². The van der Waals surface area contributed by atoms with Gasteiger partial charge in [0.05, 0.1) is 11.6 Å². The SMILES string of the molecule is CNc1nc(C(F)(F)F)nc2[nH]ncc12. The Hall–Kier alpha value is -1.86. The molecule has 2 aromatic heterocycles. The van der Waals surface area contributed by atoms with Crippen LogP contribution in [-0.4, -0.2) is 27.2 Å². The van der Waals surface area contributed by atoms with Gasteiger partial charge in [-0.3, -0.25) is 5.10 Å². The zero-order valence-electron chi connectivity index (χ0n) is 7.55. The highest BCUT2D eigenvalue weighted by molar-refractivity contribution is 5.85. The second-order valence-electron chi connectivity index (χ2n) is 2.78. The Morgan fingerprint density at radius 1 is 1.33 bits per heavy atom. The number of aromatic nitrogens is 4. The number of alkyl halides is 3. The van der Waals surface area contributed by atoms with Crippen LogP contribution in [0.3, 0.4) is 0 Å². The van der Waals surface area contributed by atoms with Crippen LogP contribution in [0.4, 0.5) is 19.0 Å². The van der Waals surface area contributed by atoms with E-state index in [1.807, 2.05) is 0 Å². The van der Waals surface area contributed by atoms with Crippen molar-refractivity contribution in [1.82, 2.24) is 20.2 Å². The molecule has 2 aromatic rings. The first-order valence-corrected chi connectivity index (χ1v) is 3.98. The van der Waals surface area contributed by atoms with Crippen molar-refractivity contribution in [2.75, 3.05) is 12.4 Å². The molecule has 2 rings (SSSR count). The molecular weight excluding hydrogens is 211 g/mol. The molecule has 0 radical (unpaired) electrons. The fourth-order valence-electron chi connectivity index (χ4n) is 1.15. The van der Waals surface area contributed by atoms with Crippen molar-refractivity contribution in [2.45, 2.75) is 6.18 Å². The van der Waals surface area contributed by atoms with Gasteiger partial charge in [0.15, 0.2) is 5.65 Å². The maximum atomic E-state index is 12.4. The van der Waals surface area contributed by atoms with Gasteiger partial charge >= 0.3 is 6.18 Å². The van der Waals surface area contributed by atoms with E-state index < -0.39 is 12.0 Å². The molecule has 0 aliphatic carbocycles. The van der Waals surface area contributed by atoms with Crippen molar-refractivity contribution in [2.24, 2.45) is 0 Å². The molecule has 0 aliphatic rings. The van der Waals surface area contributed by atoms with Crippen LogP contribution in [0.25, 0.3) is 11.0 Å². The number of anilines is 1. The maximum absolute atomic E-state index is 12.4. The van der Waals surface area contributed by atoms with Crippen molar-refractivity contribution < 1.29 is 13.2 Å². The van der Waals surface area contributed by atoms with Gasteiger partial charge in [0.1, 0.15) is 5.82 Å². The zero-order valence-corrected chi connectivity index (χ0v) is 7.55. The molecule has 0 fully saturated rings. The highest BCUT2D eigenvalue weighted by Gasteiger charge is 2.35. The lowest BCUT2D eigenvalue weighted by Crippen LogP contribution is -2.12. The lowest BCUT2D eigenvalue weighted by Gasteiger charge is -2.06. The fourth-order valence-corrected chi connectivity index (χ4v) is 1.15. The van der Waals surface area contributed by atoms with E-state index in [1.165, 1.54) is 13.2 Å². The summed E-state index contributed by atoms with van der Waals surface area (Å²) in [5.74, 6) is -1.09. The van der Waals surface area contributed by atoms with Gasteiger partial charge in [-0.2, -0.15) is 18.3 Å². The first-order chi connectivity index (χ1) is 7.02. The minimum atomic E-state index is -4.56. The van der Waals surface area contributed by atoms with E-state index in [0.717, 1.165) is 0 Å². The van der Waals surface area contributed by atoms with E-state index in [1.54, 1.807) is 0 Å². The summed E-state index contributed by atoms with van der Waals surface area (Å²) in [6.45, 7) is 0. The highest BCUT2D eigenvalue weighted by atomic mass is 19.4. The summed E-state index contributed by atoms with van der Waals surface area (Å²) in [7, 11) is 1.48. The van der Waals surface area contributed by atoms with Gasteiger partial charge in [0.2, 0.25) is 5.82 Å². The van der Waals surface area contributed by atoms with E-state index in [2.05, 4.69) is 25.5 Å². The minimum absolute atomic E-state index is 0.0571. The van der Waals surface area contributed by atoms with E-state index in [0.29, 0.717) is 5.39 Å². The van der Waals surface area contributed by atoms with Crippen LogP contribution in [0.1, 0.15) is 5.82 Å². The average Bonchev–Trinajstić information content (AvgIpc) is 2.62. The number of nitrogens with one attached hydrogen (secondary N) is 2. The van der Waals surface area contributed by atoms with Gasteiger partial charge < -0.3 is 5.32 Å². The first-order valence-electron chi connectivity index (χ1n) is 3.98. The number of halogens is 3. The summed E-state index contributed by atoms with van der Waals surface area (Å²) in [6.07, 6.45) is -3.20. The second-order valence-corrected chi connectivity index (χ2v) is 2.78. The molecule has 5 nitrogen and oxygen atoms in total. The number of aromatic amines is 1. The number of H-pyrrole nitrogens is 1. The van der Waals surface area contributed by atoms with Gasteiger partial charge in [-0.15, -0.1) is 0 Å². The zero-order chi connectivity index (χ0) is 11.1. The summed E-state index contributed by atoms with van der Waals surface area (Å²) < 4.78 is 37.1. The Balaban J connectivity index is 2.69. The quantitative estimate of drug-likeness (QED) is 0.757. The molecule has 0 unspecified atom stereocenters. The summed E-state index contributed by atoms with van der Waals surface area (Å²) in [5.41, 5.74) is 0.0571. The number of hydrogen-bond donors (Lipinski definition) is 2. The van der Waals surface area contributed by atoms with E-state index in [-0.39, 0.29) is 11.5 Å². The van der Waals surface area contributed by atoms with Crippen LogP contribution in [-0.2, 0) is 6.18 Å². The standard InChI is InChI=1S/C7H6F3N5/c1-11-4-3-2-12-15-5(3)14-6(13-4)7(8,9)10/h2H,1H3,(H2,11,12,13,14,15). The topological polar surface area (TPSA) is 66.5 Å². The van der Waals surface area contributed by atoms with Gasteiger partial charge in [0, 0.05) is 7.05 Å². The summed E-state index contributed by atoms with van der Waals surface area (Å²) >= 11 is 0. The molecule has 0 saturated heterocycles. The Bertz CT molecular complexity index is 489. The normalized spacial score (nSPS) is 12.0. The Labute approximate surface area is 81.7 Å². The molecule has 8 heteroatoms. The Morgan fingerprint density at radius 2 is 2.07 bits per heavy atom. The summed E-state index contributed by atoms with van der Waals surface area (Å²) in [6, 6.07) is 0. The largest absolute Gasteiger partial charge is 0.451 e. The molecule has 2 heterocycles. The molecule has 80 valence electrons.